The second kappa shape index (κ2) is 8.71. The van der Waals surface area contributed by atoms with E-state index >= 15 is 0 Å². The van der Waals surface area contributed by atoms with Gasteiger partial charge in [-0.3, -0.25) is 4.79 Å². The van der Waals surface area contributed by atoms with Crippen LogP contribution in [0.3, 0.4) is 0 Å². The molecule has 1 heterocycles. The Hall–Kier alpha value is -0.780. The highest BCUT2D eigenvalue weighted by atomic mass is 127. The SMILES string of the molecule is CCCCc1oc2ccc([S+](C)[O-])cc2c1C(=O)c1cc(I)c(O)c(I)c1. The molecule has 2 aromatic carbocycles. The van der Waals surface area contributed by atoms with Crippen molar-refractivity contribution >= 4 is 73.1 Å². The number of rotatable bonds is 6. The Morgan fingerprint density at radius 1 is 1.22 bits per heavy atom. The topological polar surface area (TPSA) is 73.5 Å². The van der Waals surface area contributed by atoms with Gasteiger partial charge in [0.05, 0.1) is 12.7 Å². The van der Waals surface area contributed by atoms with Crippen LogP contribution in [0.1, 0.15) is 41.4 Å². The molecule has 0 amide bonds. The van der Waals surface area contributed by atoms with Crippen LogP contribution in [0.15, 0.2) is 39.6 Å². The summed E-state index contributed by atoms with van der Waals surface area (Å²) in [6.07, 6.45) is 4.19. The standard InChI is InChI=1S/C20H18I2O4S/c1-3-4-5-17-18(13-10-12(27(2)25)6-7-16(13)26-17)19(23)11-8-14(21)20(24)15(22)9-11/h6-10,24H,3-5H2,1-2H3. The molecule has 0 saturated heterocycles. The highest BCUT2D eigenvalue weighted by Crippen LogP contribution is 2.33. The van der Waals surface area contributed by atoms with Crippen molar-refractivity contribution in [2.45, 2.75) is 31.1 Å². The third kappa shape index (κ3) is 4.30. The molecule has 0 saturated carbocycles. The van der Waals surface area contributed by atoms with Gasteiger partial charge in [0.1, 0.15) is 23.3 Å². The Labute approximate surface area is 188 Å². The number of aromatic hydroxyl groups is 1. The molecule has 27 heavy (non-hydrogen) atoms. The number of ketones is 1. The van der Waals surface area contributed by atoms with Gasteiger partial charge in [0, 0.05) is 23.4 Å². The number of hydrogen-bond acceptors (Lipinski definition) is 4. The van der Waals surface area contributed by atoms with E-state index < -0.39 is 11.2 Å². The Bertz CT molecular complexity index is 988. The maximum Gasteiger partial charge on any atom is 0.197 e. The number of unbranched alkanes of at least 4 members (excludes halogenated alkanes) is 1. The molecule has 3 aromatic rings. The lowest BCUT2D eigenvalue weighted by molar-refractivity contribution is 0.103. The lowest BCUT2D eigenvalue weighted by Crippen LogP contribution is -2.05. The summed E-state index contributed by atoms with van der Waals surface area (Å²) >= 11 is 2.89. The smallest absolute Gasteiger partial charge is 0.197 e. The van der Waals surface area contributed by atoms with Crippen molar-refractivity contribution in [1.29, 1.82) is 0 Å². The Kier molecular flexibility index (Phi) is 6.75. The fraction of sp³-hybridized carbons (Fsp3) is 0.250. The van der Waals surface area contributed by atoms with E-state index in [0.29, 0.717) is 46.3 Å². The zero-order chi connectivity index (χ0) is 19.7. The molecule has 0 fully saturated rings. The molecular weight excluding hydrogens is 590 g/mol. The van der Waals surface area contributed by atoms with Crippen molar-refractivity contribution in [1.82, 2.24) is 0 Å². The normalized spacial score (nSPS) is 12.5. The van der Waals surface area contributed by atoms with Crippen molar-refractivity contribution in [2.75, 3.05) is 6.26 Å². The number of hydrogen-bond donors (Lipinski definition) is 1. The van der Waals surface area contributed by atoms with Crippen molar-refractivity contribution in [3.8, 4) is 5.75 Å². The highest BCUT2D eigenvalue weighted by molar-refractivity contribution is 14.1. The summed E-state index contributed by atoms with van der Waals surface area (Å²) in [5.41, 5.74) is 1.66. The number of phenols is 1. The monoisotopic (exact) mass is 608 g/mol. The molecule has 0 spiro atoms. The van der Waals surface area contributed by atoms with Crippen LogP contribution in [0, 0.1) is 7.14 Å². The molecule has 0 aliphatic carbocycles. The largest absolute Gasteiger partial charge is 0.612 e. The number of halogens is 2. The first-order valence-electron chi connectivity index (χ1n) is 8.45. The van der Waals surface area contributed by atoms with Crippen LogP contribution >= 0.6 is 45.2 Å². The van der Waals surface area contributed by atoms with Gasteiger partial charge in [-0.15, -0.1) is 0 Å². The van der Waals surface area contributed by atoms with E-state index in [2.05, 4.69) is 6.92 Å². The highest BCUT2D eigenvalue weighted by Gasteiger charge is 2.24. The molecular formula is C20H18I2O4S. The lowest BCUT2D eigenvalue weighted by Gasteiger charge is -2.07. The van der Waals surface area contributed by atoms with Crippen LogP contribution in [0.5, 0.6) is 5.75 Å². The van der Waals surface area contributed by atoms with Gasteiger partial charge in [-0.1, -0.05) is 13.3 Å². The second-order valence-corrected chi connectivity index (χ2v) is 9.94. The molecule has 0 bridgehead atoms. The first kappa shape index (κ1) is 20.9. The number of fused-ring (bicyclic) bond motifs is 1. The van der Waals surface area contributed by atoms with E-state index in [-0.39, 0.29) is 11.5 Å². The number of phenolic OH excluding ortho intramolecular Hbond substituents is 1. The van der Waals surface area contributed by atoms with Gasteiger partial charge in [0.2, 0.25) is 0 Å². The first-order valence-corrected chi connectivity index (χ1v) is 12.2. The third-order valence-corrected chi connectivity index (χ3v) is 6.89. The van der Waals surface area contributed by atoms with E-state index in [9.17, 15) is 14.5 Å². The Morgan fingerprint density at radius 2 is 1.89 bits per heavy atom. The predicted octanol–water partition coefficient (Wildman–Crippen LogP) is 5.66. The molecule has 1 aromatic heterocycles. The lowest BCUT2D eigenvalue weighted by atomic mass is 9.98. The number of carbonyl (C=O) groups excluding carboxylic acids is 1. The van der Waals surface area contributed by atoms with Gasteiger partial charge in [0.15, 0.2) is 10.7 Å². The first-order chi connectivity index (χ1) is 12.8. The van der Waals surface area contributed by atoms with E-state index in [1.807, 2.05) is 45.2 Å². The quantitative estimate of drug-likeness (QED) is 0.223. The molecule has 1 unspecified atom stereocenters. The number of carbonyl (C=O) groups is 1. The summed E-state index contributed by atoms with van der Waals surface area (Å²) in [7, 11) is 0. The summed E-state index contributed by atoms with van der Waals surface area (Å²) in [4.78, 5) is 14.0. The predicted molar refractivity (Wildman–Crippen MR) is 124 cm³/mol. The fourth-order valence-electron chi connectivity index (χ4n) is 2.91. The van der Waals surface area contributed by atoms with Crippen molar-refractivity contribution in [3.63, 3.8) is 0 Å². The molecule has 3 rings (SSSR count). The van der Waals surface area contributed by atoms with E-state index in [1.165, 1.54) is 0 Å². The summed E-state index contributed by atoms with van der Waals surface area (Å²) in [5.74, 6) is 0.698. The zero-order valence-corrected chi connectivity index (χ0v) is 20.0. The Morgan fingerprint density at radius 3 is 2.48 bits per heavy atom. The maximum atomic E-state index is 13.4. The van der Waals surface area contributed by atoms with Gasteiger partial charge in [-0.05, 0) is 87.0 Å². The van der Waals surface area contributed by atoms with Crippen molar-refractivity contribution < 1.29 is 18.9 Å². The van der Waals surface area contributed by atoms with Crippen molar-refractivity contribution in [3.05, 3.63) is 54.4 Å². The third-order valence-electron chi connectivity index (χ3n) is 4.33. The molecule has 1 N–H and O–H groups in total. The Balaban J connectivity index is 2.20. The molecule has 7 heteroatoms. The van der Waals surface area contributed by atoms with E-state index in [1.54, 1.807) is 36.6 Å². The van der Waals surface area contributed by atoms with Crippen LogP contribution in [0.4, 0.5) is 0 Å². The molecule has 0 radical (unpaired) electrons. The van der Waals surface area contributed by atoms with Crippen LogP contribution < -0.4 is 0 Å². The zero-order valence-electron chi connectivity index (χ0n) is 14.8. The number of aryl methyl sites for hydroxylation is 1. The average molecular weight is 608 g/mol. The van der Waals surface area contributed by atoms with E-state index in [0.717, 1.165) is 12.8 Å². The van der Waals surface area contributed by atoms with Crippen LogP contribution in [0.2, 0.25) is 0 Å². The van der Waals surface area contributed by atoms with Gasteiger partial charge >= 0.3 is 0 Å². The van der Waals surface area contributed by atoms with Crippen LogP contribution in [-0.2, 0) is 17.6 Å². The summed E-state index contributed by atoms with van der Waals surface area (Å²) in [6, 6.07) is 8.71. The molecule has 4 nitrogen and oxygen atoms in total. The fourth-order valence-corrected chi connectivity index (χ4v) is 5.22. The van der Waals surface area contributed by atoms with Crippen LogP contribution in [-0.4, -0.2) is 21.7 Å². The second-order valence-electron chi connectivity index (χ2n) is 6.23. The van der Waals surface area contributed by atoms with E-state index in [4.69, 9.17) is 4.42 Å². The minimum Gasteiger partial charge on any atom is -0.612 e. The van der Waals surface area contributed by atoms with Gasteiger partial charge in [-0.25, -0.2) is 0 Å². The summed E-state index contributed by atoms with van der Waals surface area (Å²) < 4.78 is 19.2. The minimum atomic E-state index is -1.15. The molecule has 0 aliphatic heterocycles. The molecule has 142 valence electrons. The van der Waals surface area contributed by atoms with Crippen LogP contribution in [0.25, 0.3) is 11.0 Å². The number of benzene rings is 2. The van der Waals surface area contributed by atoms with Gasteiger partial charge in [0.25, 0.3) is 0 Å². The maximum absolute atomic E-state index is 13.4. The van der Waals surface area contributed by atoms with Gasteiger partial charge in [-0.2, -0.15) is 0 Å². The molecule has 0 aliphatic rings. The summed E-state index contributed by atoms with van der Waals surface area (Å²) in [5, 5.41) is 10.7. The molecule has 1 atom stereocenters. The number of furan rings is 1. The van der Waals surface area contributed by atoms with Gasteiger partial charge < -0.3 is 14.1 Å². The average Bonchev–Trinajstić information content (AvgIpc) is 3.00. The summed E-state index contributed by atoms with van der Waals surface area (Å²) in [6.45, 7) is 2.09. The van der Waals surface area contributed by atoms with Crippen molar-refractivity contribution in [2.24, 2.45) is 0 Å². The minimum absolute atomic E-state index is 0.144.